The highest BCUT2D eigenvalue weighted by molar-refractivity contribution is 14.1. The lowest BCUT2D eigenvalue weighted by Gasteiger charge is -2.10. The van der Waals surface area contributed by atoms with Crippen molar-refractivity contribution in [2.75, 3.05) is 10.5 Å². The predicted molar refractivity (Wildman–Crippen MR) is 73.8 cm³/mol. The van der Waals surface area contributed by atoms with Crippen LogP contribution in [0.1, 0.15) is 23.7 Å². The number of aromatic carboxylic acids is 1. The molecule has 2 N–H and O–H groups in total. The Kier molecular flexibility index (Phi) is 4.75. The van der Waals surface area contributed by atoms with E-state index in [0.717, 1.165) is 3.57 Å². The number of sulfonamides is 1. The predicted octanol–water partition coefficient (Wildman–Crippen LogP) is 2.14. The molecule has 0 saturated heterocycles. The first-order chi connectivity index (χ1) is 7.85. The highest BCUT2D eigenvalue weighted by Gasteiger charge is 2.15. The second-order valence-electron chi connectivity index (χ2n) is 3.42. The molecule has 1 aromatic carbocycles. The summed E-state index contributed by atoms with van der Waals surface area (Å²) in [5.41, 5.74) is 0.0583. The van der Waals surface area contributed by atoms with Crippen LogP contribution < -0.4 is 4.72 Å². The molecule has 0 aliphatic rings. The zero-order valence-electron chi connectivity index (χ0n) is 9.10. The van der Waals surface area contributed by atoms with Crippen molar-refractivity contribution in [3.8, 4) is 0 Å². The van der Waals surface area contributed by atoms with Crippen LogP contribution in [-0.2, 0) is 10.0 Å². The maximum atomic E-state index is 11.6. The van der Waals surface area contributed by atoms with E-state index in [9.17, 15) is 13.2 Å². The summed E-state index contributed by atoms with van der Waals surface area (Å²) in [5.74, 6) is -1.18. The van der Waals surface area contributed by atoms with E-state index in [1.165, 1.54) is 12.1 Å². The van der Waals surface area contributed by atoms with Crippen LogP contribution in [0.4, 0.5) is 5.69 Å². The van der Waals surface area contributed by atoms with E-state index in [1.807, 2.05) is 22.6 Å². The fourth-order valence-corrected chi connectivity index (χ4v) is 2.91. The minimum atomic E-state index is -3.47. The van der Waals surface area contributed by atoms with Crippen molar-refractivity contribution in [1.82, 2.24) is 0 Å². The summed E-state index contributed by atoms with van der Waals surface area (Å²) in [4.78, 5) is 11.0. The molecule has 0 spiro atoms. The Morgan fingerprint density at radius 2 is 2.12 bits per heavy atom. The summed E-state index contributed by atoms with van der Waals surface area (Å²) in [7, 11) is -3.47. The van der Waals surface area contributed by atoms with Crippen LogP contribution >= 0.6 is 22.6 Å². The first kappa shape index (κ1) is 14.2. The highest BCUT2D eigenvalue weighted by Crippen LogP contribution is 2.20. The van der Waals surface area contributed by atoms with Crippen molar-refractivity contribution in [2.24, 2.45) is 0 Å². The van der Waals surface area contributed by atoms with Gasteiger partial charge in [-0.3, -0.25) is 4.72 Å². The van der Waals surface area contributed by atoms with Gasteiger partial charge in [-0.15, -0.1) is 0 Å². The third-order valence-corrected chi connectivity index (χ3v) is 4.10. The van der Waals surface area contributed by atoms with Crippen LogP contribution in [0.3, 0.4) is 0 Å². The van der Waals surface area contributed by atoms with E-state index in [1.54, 1.807) is 13.0 Å². The molecule has 0 aliphatic heterocycles. The fourth-order valence-electron chi connectivity index (χ4n) is 1.27. The number of halogens is 1. The molecule has 0 saturated carbocycles. The maximum Gasteiger partial charge on any atom is 0.337 e. The lowest BCUT2D eigenvalue weighted by atomic mass is 10.2. The zero-order valence-corrected chi connectivity index (χ0v) is 12.1. The number of hydrogen-bond acceptors (Lipinski definition) is 3. The van der Waals surface area contributed by atoms with Gasteiger partial charge in [0.1, 0.15) is 0 Å². The van der Waals surface area contributed by atoms with E-state index in [4.69, 9.17) is 5.11 Å². The monoisotopic (exact) mass is 369 g/mol. The van der Waals surface area contributed by atoms with Gasteiger partial charge in [-0.05, 0) is 47.2 Å². The molecule has 1 rings (SSSR count). The van der Waals surface area contributed by atoms with Gasteiger partial charge in [-0.2, -0.15) is 0 Å². The summed E-state index contributed by atoms with van der Waals surface area (Å²) in [5, 5.41) is 8.98. The molecule has 5 nitrogen and oxygen atoms in total. The lowest BCUT2D eigenvalue weighted by Crippen LogP contribution is -2.18. The summed E-state index contributed by atoms with van der Waals surface area (Å²) in [6.07, 6.45) is 0.474. The molecule has 94 valence electrons. The second kappa shape index (κ2) is 5.67. The van der Waals surface area contributed by atoms with Crippen LogP contribution in [0.25, 0.3) is 0 Å². The number of benzene rings is 1. The summed E-state index contributed by atoms with van der Waals surface area (Å²) in [6, 6.07) is 4.53. The number of carboxylic acid groups (broad SMARTS) is 1. The topological polar surface area (TPSA) is 83.5 Å². The third kappa shape index (κ3) is 4.15. The quantitative estimate of drug-likeness (QED) is 0.779. The van der Waals surface area contributed by atoms with E-state index >= 15 is 0 Å². The van der Waals surface area contributed by atoms with Gasteiger partial charge < -0.3 is 5.11 Å². The molecular formula is C10H12INO4S. The molecule has 0 amide bonds. The molecule has 7 heteroatoms. The first-order valence-electron chi connectivity index (χ1n) is 4.89. The molecule has 17 heavy (non-hydrogen) atoms. The Morgan fingerprint density at radius 3 is 2.65 bits per heavy atom. The average Bonchev–Trinajstić information content (AvgIpc) is 2.20. The normalized spacial score (nSPS) is 11.2. The maximum absolute atomic E-state index is 11.6. The second-order valence-corrected chi connectivity index (χ2v) is 6.50. The molecule has 1 aromatic rings. The van der Waals surface area contributed by atoms with Crippen molar-refractivity contribution in [2.45, 2.75) is 13.3 Å². The van der Waals surface area contributed by atoms with Crippen LogP contribution in [0.15, 0.2) is 18.2 Å². The van der Waals surface area contributed by atoms with Crippen molar-refractivity contribution < 1.29 is 18.3 Å². The Labute approximate surface area is 113 Å². The van der Waals surface area contributed by atoms with Crippen LogP contribution in [0.5, 0.6) is 0 Å². The Balaban J connectivity index is 3.11. The minimum Gasteiger partial charge on any atom is -0.478 e. The van der Waals surface area contributed by atoms with E-state index in [2.05, 4.69) is 4.72 Å². The molecule has 0 radical (unpaired) electrons. The van der Waals surface area contributed by atoms with Crippen molar-refractivity contribution >= 4 is 44.3 Å². The van der Waals surface area contributed by atoms with Crippen LogP contribution in [0, 0.1) is 3.57 Å². The summed E-state index contributed by atoms with van der Waals surface area (Å²) >= 11 is 1.97. The van der Waals surface area contributed by atoms with Gasteiger partial charge in [0.05, 0.1) is 17.0 Å². The number of carboxylic acids is 1. The molecule has 0 aliphatic carbocycles. The van der Waals surface area contributed by atoms with Gasteiger partial charge in [0.15, 0.2) is 0 Å². The van der Waals surface area contributed by atoms with Gasteiger partial charge in [-0.25, -0.2) is 13.2 Å². The lowest BCUT2D eigenvalue weighted by molar-refractivity contribution is 0.0698. The average molecular weight is 369 g/mol. The number of nitrogens with one attached hydrogen (secondary N) is 1. The largest absolute Gasteiger partial charge is 0.478 e. The van der Waals surface area contributed by atoms with E-state index < -0.39 is 16.0 Å². The van der Waals surface area contributed by atoms with E-state index in [0.29, 0.717) is 6.42 Å². The first-order valence-corrected chi connectivity index (χ1v) is 7.62. The molecular weight excluding hydrogens is 357 g/mol. The number of carbonyl (C=O) groups is 1. The molecule has 0 aromatic heterocycles. The highest BCUT2D eigenvalue weighted by atomic mass is 127. The molecule has 0 fully saturated rings. The minimum absolute atomic E-state index is 0.0297. The summed E-state index contributed by atoms with van der Waals surface area (Å²) < 4.78 is 26.1. The van der Waals surface area contributed by atoms with Crippen molar-refractivity contribution in [3.63, 3.8) is 0 Å². The zero-order chi connectivity index (χ0) is 13.1. The molecule has 0 bridgehead atoms. The smallest absolute Gasteiger partial charge is 0.337 e. The van der Waals surface area contributed by atoms with Gasteiger partial charge in [-0.1, -0.05) is 6.92 Å². The van der Waals surface area contributed by atoms with Gasteiger partial charge in [0, 0.05) is 3.57 Å². The molecule has 0 heterocycles. The SMILES string of the molecule is CCCS(=O)(=O)Nc1ccc(I)cc1C(=O)O. The molecule has 0 unspecified atom stereocenters. The van der Waals surface area contributed by atoms with Crippen molar-refractivity contribution in [3.05, 3.63) is 27.3 Å². The van der Waals surface area contributed by atoms with Gasteiger partial charge in [0.2, 0.25) is 10.0 Å². The Morgan fingerprint density at radius 1 is 1.47 bits per heavy atom. The number of anilines is 1. The molecule has 0 atom stereocenters. The van der Waals surface area contributed by atoms with Crippen molar-refractivity contribution in [1.29, 1.82) is 0 Å². The number of rotatable bonds is 5. The van der Waals surface area contributed by atoms with Crippen LogP contribution in [0.2, 0.25) is 0 Å². The van der Waals surface area contributed by atoms with Gasteiger partial charge >= 0.3 is 5.97 Å². The van der Waals surface area contributed by atoms with E-state index in [-0.39, 0.29) is 17.0 Å². The van der Waals surface area contributed by atoms with Gasteiger partial charge in [0.25, 0.3) is 0 Å². The van der Waals surface area contributed by atoms with Crippen LogP contribution in [-0.4, -0.2) is 25.2 Å². The summed E-state index contributed by atoms with van der Waals surface area (Å²) in [6.45, 7) is 1.74. The Bertz CT molecular complexity index is 527. The third-order valence-electron chi connectivity index (χ3n) is 1.95. The standard InChI is InChI=1S/C10H12INO4S/c1-2-5-17(15,16)12-9-4-3-7(11)6-8(9)10(13)14/h3-4,6,12H,2,5H2,1H3,(H,13,14). The Hall–Kier alpha value is -0.830. The number of hydrogen-bond donors (Lipinski definition) is 2. The fraction of sp³-hybridized carbons (Fsp3) is 0.300.